The van der Waals surface area contributed by atoms with Crippen molar-refractivity contribution in [2.45, 2.75) is 11.8 Å². The first-order chi connectivity index (χ1) is 8.97. The second-order valence-corrected chi connectivity index (χ2v) is 5.91. The molecule has 0 bridgehead atoms. The number of amides is 1. The highest BCUT2D eigenvalue weighted by atomic mass is 79.9. The van der Waals surface area contributed by atoms with E-state index in [2.05, 4.69) is 33.9 Å². The molecule has 0 heterocycles. The zero-order chi connectivity index (χ0) is 14.0. The molecule has 98 valence electrons. The fourth-order valence-electron chi connectivity index (χ4n) is 1.62. The zero-order valence-corrected chi connectivity index (χ0v) is 13.3. The fraction of sp³-hybridized carbons (Fsp3) is 0.0714. The van der Waals surface area contributed by atoms with Crippen molar-refractivity contribution in [1.29, 1.82) is 0 Å². The molecule has 1 N–H and O–H groups in total. The first kappa shape index (κ1) is 14.4. The van der Waals surface area contributed by atoms with Crippen molar-refractivity contribution >= 4 is 51.8 Å². The largest absolute Gasteiger partial charge is 0.322 e. The standard InChI is InChI=1S/C14H11BrClNOS/c1-8-2-4-10(16)7-12(8)17-14(18)11-5-3-9(15)6-13(11)19/h2-7,19H,1H3,(H,17,18). The summed E-state index contributed by atoms with van der Waals surface area (Å²) >= 11 is 13.6. The number of rotatable bonds is 2. The summed E-state index contributed by atoms with van der Waals surface area (Å²) in [7, 11) is 0. The lowest BCUT2D eigenvalue weighted by Gasteiger charge is -2.10. The van der Waals surface area contributed by atoms with Crippen LogP contribution in [0.15, 0.2) is 45.8 Å². The van der Waals surface area contributed by atoms with Gasteiger partial charge in [-0.1, -0.05) is 33.6 Å². The Morgan fingerprint density at radius 3 is 2.68 bits per heavy atom. The van der Waals surface area contributed by atoms with Gasteiger partial charge in [0.05, 0.1) is 5.56 Å². The summed E-state index contributed by atoms with van der Waals surface area (Å²) in [6.07, 6.45) is 0. The Morgan fingerprint density at radius 2 is 2.00 bits per heavy atom. The number of thiol groups is 1. The van der Waals surface area contributed by atoms with E-state index in [1.54, 1.807) is 30.3 Å². The third-order valence-electron chi connectivity index (χ3n) is 2.65. The van der Waals surface area contributed by atoms with E-state index in [0.717, 1.165) is 10.0 Å². The molecule has 2 aromatic carbocycles. The lowest BCUT2D eigenvalue weighted by molar-refractivity contribution is 0.102. The molecule has 2 aromatic rings. The van der Waals surface area contributed by atoms with E-state index in [9.17, 15) is 4.79 Å². The molecule has 0 unspecified atom stereocenters. The Kier molecular flexibility index (Phi) is 4.55. The molecule has 2 rings (SSSR count). The monoisotopic (exact) mass is 355 g/mol. The van der Waals surface area contributed by atoms with Crippen LogP contribution in [0, 0.1) is 6.92 Å². The predicted molar refractivity (Wildman–Crippen MR) is 85.5 cm³/mol. The Labute approximate surface area is 130 Å². The Bertz CT molecular complexity index is 645. The molecule has 0 spiro atoms. The highest BCUT2D eigenvalue weighted by Gasteiger charge is 2.11. The summed E-state index contributed by atoms with van der Waals surface area (Å²) in [5, 5.41) is 3.43. The average molecular weight is 357 g/mol. The smallest absolute Gasteiger partial charge is 0.256 e. The lowest BCUT2D eigenvalue weighted by atomic mass is 10.1. The minimum absolute atomic E-state index is 0.206. The van der Waals surface area contributed by atoms with Crippen molar-refractivity contribution in [3.8, 4) is 0 Å². The maximum absolute atomic E-state index is 12.2. The van der Waals surface area contributed by atoms with Crippen LogP contribution in [0.2, 0.25) is 5.02 Å². The van der Waals surface area contributed by atoms with Gasteiger partial charge < -0.3 is 5.32 Å². The second-order valence-electron chi connectivity index (χ2n) is 4.07. The predicted octanol–water partition coefficient (Wildman–Crippen LogP) is 4.95. The third kappa shape index (κ3) is 3.53. The van der Waals surface area contributed by atoms with Crippen LogP contribution in [0.4, 0.5) is 5.69 Å². The van der Waals surface area contributed by atoms with Gasteiger partial charge in [0.1, 0.15) is 0 Å². The average Bonchev–Trinajstić information content (AvgIpc) is 2.33. The minimum atomic E-state index is -0.206. The fourth-order valence-corrected chi connectivity index (χ4v) is 2.64. The molecular formula is C14H11BrClNOS. The molecule has 19 heavy (non-hydrogen) atoms. The van der Waals surface area contributed by atoms with Gasteiger partial charge >= 0.3 is 0 Å². The molecule has 5 heteroatoms. The van der Waals surface area contributed by atoms with Crippen LogP contribution < -0.4 is 5.32 Å². The van der Waals surface area contributed by atoms with Gasteiger partial charge in [-0.2, -0.15) is 0 Å². The molecule has 0 saturated carbocycles. The third-order valence-corrected chi connectivity index (χ3v) is 3.75. The maximum Gasteiger partial charge on any atom is 0.256 e. The van der Waals surface area contributed by atoms with Gasteiger partial charge in [-0.25, -0.2) is 0 Å². The van der Waals surface area contributed by atoms with Crippen molar-refractivity contribution in [3.63, 3.8) is 0 Å². The Hall–Kier alpha value is -0.970. The van der Waals surface area contributed by atoms with Gasteiger partial charge in [-0.15, -0.1) is 12.6 Å². The van der Waals surface area contributed by atoms with Crippen molar-refractivity contribution in [2.75, 3.05) is 5.32 Å². The summed E-state index contributed by atoms with van der Waals surface area (Å²) in [4.78, 5) is 12.8. The van der Waals surface area contributed by atoms with Gasteiger partial charge in [0.2, 0.25) is 0 Å². The van der Waals surface area contributed by atoms with Crippen LogP contribution in [0.1, 0.15) is 15.9 Å². The molecule has 0 atom stereocenters. The van der Waals surface area contributed by atoms with E-state index in [-0.39, 0.29) is 5.91 Å². The van der Waals surface area contributed by atoms with Crippen LogP contribution >= 0.6 is 40.2 Å². The van der Waals surface area contributed by atoms with Crippen LogP contribution in [0.5, 0.6) is 0 Å². The van der Waals surface area contributed by atoms with Gasteiger partial charge in [0.25, 0.3) is 5.91 Å². The number of hydrogen-bond acceptors (Lipinski definition) is 2. The van der Waals surface area contributed by atoms with Crippen LogP contribution in [0.25, 0.3) is 0 Å². The Balaban J connectivity index is 2.28. The molecular weight excluding hydrogens is 346 g/mol. The second kappa shape index (κ2) is 5.99. The first-order valence-corrected chi connectivity index (χ1v) is 7.15. The van der Waals surface area contributed by atoms with Gasteiger partial charge in [-0.05, 0) is 42.8 Å². The molecule has 1 amide bonds. The first-order valence-electron chi connectivity index (χ1n) is 5.53. The highest BCUT2D eigenvalue weighted by molar-refractivity contribution is 9.10. The van der Waals surface area contributed by atoms with Crippen LogP contribution in [0.3, 0.4) is 0 Å². The molecule has 0 radical (unpaired) electrons. The van der Waals surface area contributed by atoms with Crippen molar-refractivity contribution in [2.24, 2.45) is 0 Å². The SMILES string of the molecule is Cc1ccc(Cl)cc1NC(=O)c1ccc(Br)cc1S. The normalized spacial score (nSPS) is 10.3. The molecule has 0 aliphatic carbocycles. The van der Waals surface area contributed by atoms with E-state index < -0.39 is 0 Å². The molecule has 0 aliphatic heterocycles. The number of halogens is 2. The highest BCUT2D eigenvalue weighted by Crippen LogP contribution is 2.24. The number of carbonyl (C=O) groups excluding carboxylic acids is 1. The molecule has 0 fully saturated rings. The van der Waals surface area contributed by atoms with Gasteiger partial charge in [0.15, 0.2) is 0 Å². The van der Waals surface area contributed by atoms with Crippen molar-refractivity contribution in [1.82, 2.24) is 0 Å². The lowest BCUT2D eigenvalue weighted by Crippen LogP contribution is -2.13. The number of nitrogens with one attached hydrogen (secondary N) is 1. The van der Waals surface area contributed by atoms with E-state index in [1.807, 2.05) is 13.0 Å². The molecule has 2 nitrogen and oxygen atoms in total. The number of anilines is 1. The van der Waals surface area contributed by atoms with Gasteiger partial charge in [0, 0.05) is 20.1 Å². The van der Waals surface area contributed by atoms with E-state index in [4.69, 9.17) is 11.6 Å². The summed E-state index contributed by atoms with van der Waals surface area (Å²) in [5.74, 6) is -0.206. The van der Waals surface area contributed by atoms with E-state index in [0.29, 0.717) is 21.2 Å². The maximum atomic E-state index is 12.2. The Morgan fingerprint density at radius 1 is 1.26 bits per heavy atom. The quantitative estimate of drug-likeness (QED) is 0.732. The molecule has 0 aliphatic rings. The number of aryl methyl sites for hydroxylation is 1. The van der Waals surface area contributed by atoms with Gasteiger partial charge in [-0.3, -0.25) is 4.79 Å². The number of carbonyl (C=O) groups is 1. The summed E-state index contributed by atoms with van der Waals surface area (Å²) in [6.45, 7) is 1.91. The molecule has 0 saturated heterocycles. The molecule has 0 aromatic heterocycles. The van der Waals surface area contributed by atoms with E-state index >= 15 is 0 Å². The summed E-state index contributed by atoms with van der Waals surface area (Å²) < 4.78 is 0.882. The van der Waals surface area contributed by atoms with Crippen LogP contribution in [-0.2, 0) is 0 Å². The van der Waals surface area contributed by atoms with E-state index in [1.165, 1.54) is 0 Å². The van der Waals surface area contributed by atoms with Crippen molar-refractivity contribution in [3.05, 3.63) is 57.0 Å². The zero-order valence-electron chi connectivity index (χ0n) is 10.1. The van der Waals surface area contributed by atoms with Crippen LogP contribution in [-0.4, -0.2) is 5.91 Å². The minimum Gasteiger partial charge on any atom is -0.322 e. The summed E-state index contributed by atoms with van der Waals surface area (Å²) in [5.41, 5.74) is 2.18. The topological polar surface area (TPSA) is 29.1 Å². The summed E-state index contributed by atoms with van der Waals surface area (Å²) in [6, 6.07) is 10.7. The number of benzene rings is 2. The van der Waals surface area contributed by atoms with Crippen molar-refractivity contribution < 1.29 is 4.79 Å². The number of hydrogen-bond donors (Lipinski definition) is 2.